The van der Waals surface area contributed by atoms with Crippen molar-refractivity contribution >= 4 is 10.0 Å². The third-order valence-corrected chi connectivity index (χ3v) is 4.59. The van der Waals surface area contributed by atoms with E-state index >= 15 is 0 Å². The van der Waals surface area contributed by atoms with E-state index in [0.29, 0.717) is 12.1 Å². The zero-order valence-electron chi connectivity index (χ0n) is 11.9. The zero-order chi connectivity index (χ0) is 16.1. The third kappa shape index (κ3) is 5.64. The average Bonchev–Trinajstić information content (AvgIpc) is 2.36. The van der Waals surface area contributed by atoms with Gasteiger partial charge in [-0.1, -0.05) is 12.1 Å². The van der Waals surface area contributed by atoms with Gasteiger partial charge in [0.2, 0.25) is 10.0 Å². The molecule has 0 aliphatic heterocycles. The number of halogens is 3. The molecule has 0 aromatic heterocycles. The molecule has 4 nitrogen and oxygen atoms in total. The Hall–Kier alpha value is -1.12. The first kappa shape index (κ1) is 17.9. The summed E-state index contributed by atoms with van der Waals surface area (Å²) in [6, 6.07) is 4.86. The lowest BCUT2D eigenvalue weighted by Gasteiger charge is -2.13. The van der Waals surface area contributed by atoms with Crippen LogP contribution in [0.4, 0.5) is 13.2 Å². The predicted octanol–water partition coefficient (Wildman–Crippen LogP) is 2.34. The van der Waals surface area contributed by atoms with E-state index in [-0.39, 0.29) is 17.9 Å². The van der Waals surface area contributed by atoms with Gasteiger partial charge in [-0.15, -0.1) is 0 Å². The third-order valence-electron chi connectivity index (χ3n) is 2.98. The Balaban J connectivity index is 2.77. The van der Waals surface area contributed by atoms with Gasteiger partial charge in [0.25, 0.3) is 0 Å². The number of hydrogen-bond donors (Lipinski definition) is 2. The van der Waals surface area contributed by atoms with Gasteiger partial charge in [0.1, 0.15) is 0 Å². The summed E-state index contributed by atoms with van der Waals surface area (Å²) in [5, 5.41) is 2.93. The van der Waals surface area contributed by atoms with Gasteiger partial charge in [0, 0.05) is 19.5 Å². The summed E-state index contributed by atoms with van der Waals surface area (Å²) in [7, 11) is -2.05. The molecule has 1 aromatic rings. The lowest BCUT2D eigenvalue weighted by atomic mass is 10.1. The van der Waals surface area contributed by atoms with E-state index < -0.39 is 22.6 Å². The normalized spacial score (nSPS) is 12.6. The van der Waals surface area contributed by atoms with E-state index in [4.69, 9.17) is 0 Å². The molecule has 0 aliphatic rings. The van der Waals surface area contributed by atoms with Crippen molar-refractivity contribution in [2.75, 3.05) is 13.6 Å². The van der Waals surface area contributed by atoms with Crippen molar-refractivity contribution in [1.82, 2.24) is 10.0 Å². The van der Waals surface area contributed by atoms with Crippen molar-refractivity contribution in [2.24, 2.45) is 0 Å². The van der Waals surface area contributed by atoms with Crippen molar-refractivity contribution in [1.29, 1.82) is 0 Å². The lowest BCUT2D eigenvalue weighted by Crippen LogP contribution is -2.27. The van der Waals surface area contributed by atoms with Crippen LogP contribution in [0.25, 0.3) is 0 Å². The van der Waals surface area contributed by atoms with Crippen molar-refractivity contribution in [2.45, 2.75) is 37.4 Å². The minimum atomic E-state index is -4.27. The number of sulfonamides is 1. The maximum Gasteiger partial charge on any atom is 0.389 e. The van der Waals surface area contributed by atoms with Crippen LogP contribution in [0.3, 0.4) is 0 Å². The number of hydrogen-bond acceptors (Lipinski definition) is 3. The number of nitrogens with one attached hydrogen (secondary N) is 2. The number of alkyl halides is 3. The Bertz CT molecular complexity index is 571. The van der Waals surface area contributed by atoms with Crippen LogP contribution in [0.1, 0.15) is 24.0 Å². The molecule has 21 heavy (non-hydrogen) atoms. The Labute approximate surface area is 122 Å². The van der Waals surface area contributed by atoms with Crippen molar-refractivity contribution in [3.05, 3.63) is 29.3 Å². The largest absolute Gasteiger partial charge is 0.389 e. The minimum Gasteiger partial charge on any atom is -0.316 e. The second kappa shape index (κ2) is 7.24. The van der Waals surface area contributed by atoms with Crippen LogP contribution in [0, 0.1) is 6.92 Å². The summed E-state index contributed by atoms with van der Waals surface area (Å²) >= 11 is 0. The molecule has 0 spiro atoms. The fourth-order valence-electron chi connectivity index (χ4n) is 1.91. The highest BCUT2D eigenvalue weighted by Gasteiger charge is 2.26. The average molecular weight is 324 g/mol. The van der Waals surface area contributed by atoms with Gasteiger partial charge < -0.3 is 5.32 Å². The summed E-state index contributed by atoms with van der Waals surface area (Å²) < 4.78 is 62.5. The van der Waals surface area contributed by atoms with Gasteiger partial charge in [-0.05, 0) is 37.6 Å². The molecule has 120 valence electrons. The first-order valence-corrected chi connectivity index (χ1v) is 7.95. The Morgan fingerprint density at radius 2 is 1.90 bits per heavy atom. The van der Waals surface area contributed by atoms with Crippen LogP contribution < -0.4 is 10.0 Å². The maximum atomic E-state index is 12.1. The van der Waals surface area contributed by atoms with Crippen LogP contribution in [0.15, 0.2) is 23.1 Å². The van der Waals surface area contributed by atoms with Crippen LogP contribution in [0.2, 0.25) is 0 Å². The Morgan fingerprint density at radius 1 is 1.24 bits per heavy atom. The monoisotopic (exact) mass is 324 g/mol. The van der Waals surface area contributed by atoms with Crippen LogP contribution in [0.5, 0.6) is 0 Å². The molecule has 2 N–H and O–H groups in total. The van der Waals surface area contributed by atoms with E-state index in [0.717, 1.165) is 5.56 Å². The molecule has 8 heteroatoms. The second-order valence-corrected chi connectivity index (χ2v) is 6.42. The van der Waals surface area contributed by atoms with Crippen molar-refractivity contribution in [3.63, 3.8) is 0 Å². The quantitative estimate of drug-likeness (QED) is 0.757. The summed E-state index contributed by atoms with van der Waals surface area (Å²) in [6.45, 7) is 1.96. The van der Waals surface area contributed by atoms with Gasteiger partial charge in [-0.25, -0.2) is 13.1 Å². The van der Waals surface area contributed by atoms with Crippen LogP contribution >= 0.6 is 0 Å². The molecule has 0 bridgehead atoms. The van der Waals surface area contributed by atoms with Gasteiger partial charge in [0.05, 0.1) is 4.90 Å². The first-order valence-electron chi connectivity index (χ1n) is 6.47. The molecule has 0 aliphatic carbocycles. The highest BCUT2D eigenvalue weighted by molar-refractivity contribution is 7.89. The van der Waals surface area contributed by atoms with Crippen molar-refractivity contribution in [3.8, 4) is 0 Å². The molecule has 0 heterocycles. The molecule has 0 atom stereocenters. The highest BCUT2D eigenvalue weighted by Crippen LogP contribution is 2.22. The number of rotatable bonds is 7. The maximum absolute atomic E-state index is 12.1. The molecule has 1 rings (SSSR count). The van der Waals surface area contributed by atoms with Gasteiger partial charge >= 0.3 is 6.18 Å². The molecule has 1 aromatic carbocycles. The topological polar surface area (TPSA) is 58.2 Å². The molecule has 0 saturated heterocycles. The second-order valence-electron chi connectivity index (χ2n) is 4.69. The van der Waals surface area contributed by atoms with Gasteiger partial charge in [-0.3, -0.25) is 0 Å². The molecular formula is C13H19F3N2O2S. The fraction of sp³-hybridized carbons (Fsp3) is 0.538. The Morgan fingerprint density at radius 3 is 2.48 bits per heavy atom. The van der Waals surface area contributed by atoms with Crippen LogP contribution in [-0.2, 0) is 16.6 Å². The van der Waals surface area contributed by atoms with E-state index in [1.54, 1.807) is 26.1 Å². The first-order chi connectivity index (χ1) is 9.67. The smallest absolute Gasteiger partial charge is 0.316 e. The summed E-state index contributed by atoms with van der Waals surface area (Å²) in [5.74, 6) is 0. The molecule has 0 radical (unpaired) electrons. The fourth-order valence-corrected chi connectivity index (χ4v) is 3.27. The van der Waals surface area contributed by atoms with E-state index in [1.165, 1.54) is 6.07 Å². The molecule has 0 fully saturated rings. The Kier molecular flexibility index (Phi) is 6.18. The van der Waals surface area contributed by atoms with Gasteiger partial charge in [0.15, 0.2) is 0 Å². The lowest BCUT2D eigenvalue weighted by molar-refractivity contribution is -0.135. The van der Waals surface area contributed by atoms with E-state index in [1.807, 2.05) is 0 Å². The molecular weight excluding hydrogens is 305 g/mol. The SMILES string of the molecule is CNCc1cccc(S(=O)(=O)NCCCC(F)(F)F)c1C. The van der Waals surface area contributed by atoms with Gasteiger partial charge in [-0.2, -0.15) is 13.2 Å². The minimum absolute atomic E-state index is 0.0993. The van der Waals surface area contributed by atoms with Crippen molar-refractivity contribution < 1.29 is 21.6 Å². The summed E-state index contributed by atoms with van der Waals surface area (Å²) in [4.78, 5) is 0.0993. The molecule has 0 unspecified atom stereocenters. The zero-order valence-corrected chi connectivity index (χ0v) is 12.7. The molecule has 0 amide bonds. The summed E-state index contributed by atoms with van der Waals surface area (Å²) in [6.07, 6.45) is -5.56. The standard InChI is InChI=1S/C13H19F3N2O2S/c1-10-11(9-17-2)5-3-6-12(10)21(19,20)18-8-4-7-13(14,15)16/h3,5-6,17-18H,4,7-9H2,1-2H3. The summed E-state index contributed by atoms with van der Waals surface area (Å²) in [5.41, 5.74) is 1.42. The van der Waals surface area contributed by atoms with E-state index in [2.05, 4.69) is 10.0 Å². The van der Waals surface area contributed by atoms with E-state index in [9.17, 15) is 21.6 Å². The van der Waals surface area contributed by atoms with Crippen LogP contribution in [-0.4, -0.2) is 28.2 Å². The highest BCUT2D eigenvalue weighted by atomic mass is 32.2. The predicted molar refractivity (Wildman–Crippen MR) is 74.4 cm³/mol. The molecule has 0 saturated carbocycles. The number of benzene rings is 1.